The van der Waals surface area contributed by atoms with Gasteiger partial charge >= 0.3 is 5.97 Å². The van der Waals surface area contributed by atoms with Crippen LogP contribution >= 0.6 is 0 Å². The van der Waals surface area contributed by atoms with E-state index in [2.05, 4.69) is 0 Å². The highest BCUT2D eigenvalue weighted by molar-refractivity contribution is 5.91. The molecule has 2 fully saturated rings. The van der Waals surface area contributed by atoms with Crippen molar-refractivity contribution < 1.29 is 63.2 Å². The molecular weight excluding hydrogens is 963 g/mol. The number of unbranched alkanes of at least 4 members (excludes halogenated alkanes) is 4. The minimum atomic E-state index is -1.02. The molecule has 0 aliphatic carbocycles. The van der Waals surface area contributed by atoms with Crippen LogP contribution in [-0.2, 0) is 54.3 Å². The van der Waals surface area contributed by atoms with Gasteiger partial charge in [0.25, 0.3) is 0 Å². The van der Waals surface area contributed by atoms with E-state index in [1.165, 1.54) is 19.3 Å². The number of carboxylic acid groups (broad SMARTS) is 1. The Labute approximate surface area is 447 Å². The minimum Gasteiger partial charge on any atom is -0.508 e. The number of hydroxylamine groups is 2. The Hall–Kier alpha value is -4.33. The van der Waals surface area contributed by atoms with Crippen LogP contribution in [0.4, 0.5) is 0 Å². The van der Waals surface area contributed by atoms with Crippen molar-refractivity contribution in [2.24, 2.45) is 35.3 Å². The van der Waals surface area contributed by atoms with E-state index in [4.69, 9.17) is 25.2 Å². The number of aliphatic hydroxyl groups excluding tert-OH is 1. The van der Waals surface area contributed by atoms with Gasteiger partial charge in [-0.15, -0.1) is 0 Å². The van der Waals surface area contributed by atoms with Crippen LogP contribution < -0.4 is 5.73 Å². The molecule has 2 aliphatic rings. The lowest BCUT2D eigenvalue weighted by molar-refractivity contribution is -0.201. The summed E-state index contributed by atoms with van der Waals surface area (Å²) in [4.78, 5) is 106. The zero-order valence-corrected chi connectivity index (χ0v) is 47.1. The summed E-state index contributed by atoms with van der Waals surface area (Å²) in [7, 11) is 6.57. The molecule has 2 heterocycles. The van der Waals surface area contributed by atoms with Crippen LogP contribution in [0.5, 0.6) is 5.75 Å². The maximum atomic E-state index is 14.7. The van der Waals surface area contributed by atoms with E-state index in [9.17, 15) is 43.8 Å². The number of likely N-dealkylation sites (N-methyl/N-ethyl adjacent to an activating group) is 2. The summed E-state index contributed by atoms with van der Waals surface area (Å²) in [6.07, 6.45) is 6.87. The first kappa shape index (κ1) is 65.0. The molecule has 18 heteroatoms. The van der Waals surface area contributed by atoms with Gasteiger partial charge in [-0.1, -0.05) is 72.4 Å². The van der Waals surface area contributed by atoms with Crippen LogP contribution in [0.2, 0.25) is 0 Å². The molecule has 18 nitrogen and oxygen atoms in total. The number of methoxy groups -OCH3 is 2. The Balaban J connectivity index is 1.67. The number of carbonyl (C=O) groups is 7. The third-order valence-corrected chi connectivity index (χ3v) is 15.9. The van der Waals surface area contributed by atoms with Crippen LogP contribution in [-0.4, -0.2) is 173 Å². The second-order valence-electron chi connectivity index (χ2n) is 21.9. The second-order valence-corrected chi connectivity index (χ2v) is 21.9. The molecule has 0 bridgehead atoms. The second kappa shape index (κ2) is 33.1. The average molecular weight is 1060 g/mol. The van der Waals surface area contributed by atoms with Crippen molar-refractivity contribution in [3.8, 4) is 5.75 Å². The number of ketones is 3. The molecule has 426 valence electrons. The van der Waals surface area contributed by atoms with Crippen molar-refractivity contribution in [3.63, 3.8) is 0 Å². The summed E-state index contributed by atoms with van der Waals surface area (Å²) in [5.41, 5.74) is 6.35. The van der Waals surface area contributed by atoms with E-state index in [-0.39, 0.29) is 78.3 Å². The number of aromatic hydroxyl groups is 1. The normalized spacial score (nSPS) is 19.1. The molecule has 0 aromatic heterocycles. The molecule has 75 heavy (non-hydrogen) atoms. The molecule has 11 atom stereocenters. The van der Waals surface area contributed by atoms with E-state index >= 15 is 0 Å². The van der Waals surface area contributed by atoms with Gasteiger partial charge in [0.1, 0.15) is 23.4 Å². The van der Waals surface area contributed by atoms with Gasteiger partial charge in [-0.3, -0.25) is 43.3 Å². The summed E-state index contributed by atoms with van der Waals surface area (Å²) in [5, 5.41) is 31.1. The number of Topliss-reactive ketones (excluding diaryl/α,β-unsaturated/α-hetero) is 3. The lowest BCUT2D eigenvalue weighted by Gasteiger charge is -2.41. The monoisotopic (exact) mass is 1060 g/mol. The fourth-order valence-electron chi connectivity index (χ4n) is 11.1. The molecule has 0 unspecified atom stereocenters. The number of rotatable bonds is 36. The van der Waals surface area contributed by atoms with Gasteiger partial charge in [0.15, 0.2) is 5.78 Å². The standard InChI is InChI=1S/C57H95N5O13/c1-11-38(4)52(60(8)56(70)45(37(2)3)35-49(67)53(40(6)63)59(7)29-17-13-15-22-43(64)21-14-12-16-23-46(58)57(71)72)50(73-9)36-51(68)61-30-20-24-47(61)54(74-10)39(5)48(66)34-42(33-41-25-27-44(65)28-26-41)55(69)62-31-18-19-32-75-62/h25-28,37-40,42,45-47,50,52-54,63,65H,11-24,29-36,58H2,1-10H3,(H,71,72)/t38-,39-,40+,42+,45-,46-,47-,50+,52-,53-,54+/m0/s1. The summed E-state index contributed by atoms with van der Waals surface area (Å²) in [6, 6.07) is 3.90. The Morgan fingerprint density at radius 1 is 0.827 bits per heavy atom. The van der Waals surface area contributed by atoms with Crippen molar-refractivity contribution in [2.75, 3.05) is 54.6 Å². The summed E-state index contributed by atoms with van der Waals surface area (Å²) < 4.78 is 12.2. The average Bonchev–Trinajstić information content (AvgIpc) is 3.87. The number of ether oxygens (including phenoxy) is 2. The maximum absolute atomic E-state index is 14.7. The fraction of sp³-hybridized carbons (Fsp3) is 0.772. The first-order chi connectivity index (χ1) is 35.6. The van der Waals surface area contributed by atoms with E-state index in [1.54, 1.807) is 62.0 Å². The highest BCUT2D eigenvalue weighted by Crippen LogP contribution is 2.32. The molecule has 2 saturated heterocycles. The van der Waals surface area contributed by atoms with Gasteiger partial charge in [-0.2, -0.15) is 0 Å². The zero-order chi connectivity index (χ0) is 55.9. The molecule has 0 radical (unpaired) electrons. The van der Waals surface area contributed by atoms with Crippen LogP contribution in [0.25, 0.3) is 0 Å². The predicted molar refractivity (Wildman–Crippen MR) is 286 cm³/mol. The molecule has 1 aromatic rings. The number of carboxylic acids is 1. The summed E-state index contributed by atoms with van der Waals surface area (Å²) in [6.45, 7) is 13.0. The molecule has 3 amide bonds. The Kier molecular flexibility index (Phi) is 28.6. The molecule has 3 rings (SSSR count). The Morgan fingerprint density at radius 3 is 2.04 bits per heavy atom. The summed E-state index contributed by atoms with van der Waals surface area (Å²) >= 11 is 0. The number of aliphatic carboxylic acids is 1. The van der Waals surface area contributed by atoms with Crippen LogP contribution in [0.1, 0.15) is 156 Å². The number of carbonyl (C=O) groups excluding carboxylic acids is 6. The lowest BCUT2D eigenvalue weighted by atomic mass is 9.84. The summed E-state index contributed by atoms with van der Waals surface area (Å²) in [5.74, 6) is -4.32. The number of nitrogens with two attached hydrogens (primary N) is 1. The molecule has 0 spiro atoms. The minimum absolute atomic E-state index is 0.0441. The maximum Gasteiger partial charge on any atom is 0.320 e. The predicted octanol–water partition coefficient (Wildman–Crippen LogP) is 6.39. The Morgan fingerprint density at radius 2 is 1.48 bits per heavy atom. The highest BCUT2D eigenvalue weighted by Gasteiger charge is 2.44. The molecule has 5 N–H and O–H groups in total. The molecular formula is C57H95N5O13. The van der Waals surface area contributed by atoms with E-state index < -0.39 is 66.2 Å². The van der Waals surface area contributed by atoms with Crippen molar-refractivity contribution in [1.29, 1.82) is 0 Å². The number of nitrogens with zero attached hydrogens (tertiary/aromatic N) is 4. The molecule has 2 aliphatic heterocycles. The SMILES string of the molecule is CC[C@H](C)[C@@H]([C@@H](CC(=O)N1CCC[C@H]1[C@H](OC)[C@@H](C)C(=O)C[C@@H](Cc1ccc(O)cc1)C(=O)N1CCCCO1)OC)N(C)C(=O)[C@@H](CC(=O)[C@H]([C@@H](C)O)N(C)CCCCCC(=O)CCCCC[C@H](N)C(=O)O)C(C)C. The molecule has 0 saturated carbocycles. The van der Waals surface area contributed by atoms with Gasteiger partial charge in [0, 0.05) is 71.9 Å². The van der Waals surface area contributed by atoms with Gasteiger partial charge < -0.3 is 40.3 Å². The van der Waals surface area contributed by atoms with Crippen molar-refractivity contribution >= 4 is 41.0 Å². The zero-order valence-electron chi connectivity index (χ0n) is 47.1. The van der Waals surface area contributed by atoms with Gasteiger partial charge in [0.2, 0.25) is 17.7 Å². The van der Waals surface area contributed by atoms with Crippen molar-refractivity contribution in [3.05, 3.63) is 29.8 Å². The quantitative estimate of drug-likeness (QED) is 0.0532. The topological polar surface area (TPSA) is 247 Å². The van der Waals surface area contributed by atoms with Crippen molar-refractivity contribution in [1.82, 2.24) is 19.8 Å². The lowest BCUT2D eigenvalue weighted by Crippen LogP contribution is -2.54. The highest BCUT2D eigenvalue weighted by atomic mass is 16.7. The first-order valence-corrected chi connectivity index (χ1v) is 27.9. The van der Waals surface area contributed by atoms with Gasteiger partial charge in [0.05, 0.1) is 55.4 Å². The number of hydrogen-bond donors (Lipinski definition) is 4. The number of phenols is 1. The third-order valence-electron chi connectivity index (χ3n) is 15.9. The number of hydrogen-bond acceptors (Lipinski definition) is 14. The van der Waals surface area contributed by atoms with E-state index in [1.807, 2.05) is 32.6 Å². The van der Waals surface area contributed by atoms with Crippen molar-refractivity contribution in [2.45, 2.75) is 200 Å². The fourth-order valence-corrected chi connectivity index (χ4v) is 11.1. The first-order valence-electron chi connectivity index (χ1n) is 27.9. The van der Waals surface area contributed by atoms with Crippen LogP contribution in [0.15, 0.2) is 24.3 Å². The van der Waals surface area contributed by atoms with Crippen LogP contribution in [0, 0.1) is 29.6 Å². The Bertz CT molecular complexity index is 1940. The third kappa shape index (κ3) is 20.2. The smallest absolute Gasteiger partial charge is 0.320 e. The van der Waals surface area contributed by atoms with E-state index in [0.717, 1.165) is 31.2 Å². The molecule has 1 aromatic carbocycles. The number of aliphatic hydroxyl groups is 1. The number of amides is 3. The number of benzene rings is 1. The van der Waals surface area contributed by atoms with Crippen LogP contribution in [0.3, 0.4) is 0 Å². The number of likely N-dealkylation sites (tertiary alicyclic amines) is 1. The van der Waals surface area contributed by atoms with Gasteiger partial charge in [-0.25, -0.2) is 5.06 Å². The van der Waals surface area contributed by atoms with Gasteiger partial charge in [-0.05, 0) is 108 Å². The van der Waals surface area contributed by atoms with E-state index in [0.29, 0.717) is 90.4 Å². The number of phenolic OH excluding ortho intramolecular Hbond substituents is 1. The largest absolute Gasteiger partial charge is 0.508 e.